The number of hydrogen-bond acceptors (Lipinski definition) is 13. The minimum absolute atomic E-state index is 0.0201. The predicted octanol–water partition coefficient (Wildman–Crippen LogP) is 1.47. The molecule has 0 bridgehead atoms. The summed E-state index contributed by atoms with van der Waals surface area (Å²) in [6.07, 6.45) is 3.37. The van der Waals surface area contributed by atoms with Crippen LogP contribution in [-0.4, -0.2) is 72.4 Å². The zero-order valence-electron chi connectivity index (χ0n) is 18.9. The highest BCUT2D eigenvalue weighted by Crippen LogP contribution is 2.46. The molecular weight excluding hydrogens is 582 g/mol. The van der Waals surface area contributed by atoms with E-state index in [0.717, 1.165) is 27.5 Å². The number of hydrogen-bond donors (Lipinski definition) is 6. The van der Waals surface area contributed by atoms with Crippen LogP contribution in [0.2, 0.25) is 4.34 Å². The Morgan fingerprint density at radius 2 is 2.19 bits per heavy atom. The number of nitrogens with one attached hydrogen (secondary N) is 2. The third kappa shape index (κ3) is 5.85. The summed E-state index contributed by atoms with van der Waals surface area (Å²) < 4.78 is 0.113. The summed E-state index contributed by atoms with van der Waals surface area (Å²) in [6.45, 7) is 0.550. The molecule has 4 rings (SSSR count). The van der Waals surface area contributed by atoms with Gasteiger partial charge in [-0.15, -0.1) is 11.8 Å². The van der Waals surface area contributed by atoms with E-state index in [1.54, 1.807) is 24.2 Å². The van der Waals surface area contributed by atoms with Gasteiger partial charge in [-0.25, -0.2) is 9.78 Å². The fraction of sp³-hybridized carbons (Fsp3) is 0.350. The number of rotatable bonds is 11. The number of anilines is 1. The van der Waals surface area contributed by atoms with Crippen LogP contribution in [0.25, 0.3) is 0 Å². The predicted molar refractivity (Wildman–Crippen MR) is 144 cm³/mol. The maximum absolute atomic E-state index is 13.0. The topological polar surface area (TPSA) is 197 Å². The van der Waals surface area contributed by atoms with Gasteiger partial charge in [0.2, 0.25) is 5.91 Å². The number of thiazole rings is 1. The van der Waals surface area contributed by atoms with Gasteiger partial charge in [-0.05, 0) is 11.6 Å². The van der Waals surface area contributed by atoms with Crippen molar-refractivity contribution >= 4 is 81.1 Å². The van der Waals surface area contributed by atoms with Gasteiger partial charge in [0, 0.05) is 46.0 Å². The van der Waals surface area contributed by atoms with Gasteiger partial charge in [-0.1, -0.05) is 34.7 Å². The number of aliphatic carboxylic acids is 1. The first-order valence-corrected chi connectivity index (χ1v) is 14.9. The van der Waals surface area contributed by atoms with Gasteiger partial charge >= 0.3 is 5.97 Å². The van der Waals surface area contributed by atoms with E-state index in [1.807, 2.05) is 11.5 Å². The molecule has 3 atom stereocenters. The molecular formula is C20H22ClN7O5S4. The quantitative estimate of drug-likeness (QED) is 0.123. The van der Waals surface area contributed by atoms with E-state index in [9.17, 15) is 24.7 Å². The minimum atomic E-state index is -1.36. The van der Waals surface area contributed by atoms with Crippen molar-refractivity contribution in [3.05, 3.63) is 44.7 Å². The highest BCUT2D eigenvalue weighted by molar-refractivity contribution is 8.06. The Kier molecular flexibility index (Phi) is 9.23. The molecule has 2 aromatic rings. The van der Waals surface area contributed by atoms with Gasteiger partial charge in [0.05, 0.1) is 0 Å². The molecule has 0 aromatic carbocycles. The number of carbonyl (C=O) groups excluding carboxylic acids is 2. The summed E-state index contributed by atoms with van der Waals surface area (Å²) in [7, 11) is 0. The molecule has 17 heteroatoms. The number of nitrogens with two attached hydrogens (primary N) is 2. The molecule has 1 unspecified atom stereocenters. The number of carboxylic acids is 1. The number of aromatic nitrogens is 2. The highest BCUT2D eigenvalue weighted by Gasteiger charge is 2.54. The van der Waals surface area contributed by atoms with Crippen molar-refractivity contribution in [1.29, 1.82) is 0 Å². The molecule has 0 spiro atoms. The Morgan fingerprint density at radius 1 is 1.41 bits per heavy atom. The zero-order chi connectivity index (χ0) is 26.7. The number of nitrogen functional groups attached to an aromatic ring is 1. The number of nitrogens with zero attached hydrogens (tertiary/aromatic N) is 3. The third-order valence-electron chi connectivity index (χ3n) is 5.34. The Balaban J connectivity index is 1.51. The lowest BCUT2D eigenvalue weighted by atomic mass is 10.0. The standard InChI is InChI=1S/C20H22ClN7O5S4/c21-15-11(26-20(23)37-15)12(27-33)16(29)25-13-17(30)28-14(19(31)32)10(7-35-18(13)28)36-9-1-3-24-5-8(9)6-34-4-2-22/h1,3,5,12-13,18,27,33H,2,4,6-7,22H2,(H2,23,26)(H,25,29)(H,31,32)/t12?,13-,18+/m1/s1. The van der Waals surface area contributed by atoms with E-state index in [4.69, 9.17) is 23.1 Å². The Morgan fingerprint density at radius 3 is 2.84 bits per heavy atom. The van der Waals surface area contributed by atoms with Crippen LogP contribution in [0.4, 0.5) is 5.13 Å². The van der Waals surface area contributed by atoms with Crippen molar-refractivity contribution in [1.82, 2.24) is 25.7 Å². The van der Waals surface area contributed by atoms with Gasteiger partial charge in [0.15, 0.2) is 11.2 Å². The van der Waals surface area contributed by atoms with E-state index < -0.39 is 35.2 Å². The Hall–Kier alpha value is -2.05. The molecule has 1 saturated heterocycles. The summed E-state index contributed by atoms with van der Waals surface area (Å²) in [4.78, 5) is 48.7. The molecule has 198 valence electrons. The van der Waals surface area contributed by atoms with Gasteiger partial charge < -0.3 is 27.1 Å². The van der Waals surface area contributed by atoms with Crippen LogP contribution in [0.3, 0.4) is 0 Å². The number of carboxylic acid groups (broad SMARTS) is 1. The fourth-order valence-corrected chi connectivity index (χ4v) is 8.08. The summed E-state index contributed by atoms with van der Waals surface area (Å²) in [5.41, 5.74) is 13.9. The molecule has 2 aromatic heterocycles. The molecule has 0 aliphatic carbocycles. The normalized spacial score (nSPS) is 19.9. The van der Waals surface area contributed by atoms with E-state index in [-0.39, 0.29) is 20.9 Å². The largest absolute Gasteiger partial charge is 0.477 e. The monoisotopic (exact) mass is 603 g/mol. The van der Waals surface area contributed by atoms with Crippen LogP contribution in [-0.2, 0) is 20.1 Å². The number of hydroxylamine groups is 1. The van der Waals surface area contributed by atoms with Crippen LogP contribution >= 0.6 is 58.2 Å². The molecule has 0 saturated carbocycles. The molecule has 1 fully saturated rings. The molecule has 0 radical (unpaired) electrons. The van der Waals surface area contributed by atoms with Crippen molar-refractivity contribution in [2.75, 3.05) is 23.8 Å². The first-order valence-electron chi connectivity index (χ1n) is 10.7. The molecule has 12 nitrogen and oxygen atoms in total. The van der Waals surface area contributed by atoms with Crippen molar-refractivity contribution < 1.29 is 24.7 Å². The molecule has 8 N–H and O–H groups in total. The number of carbonyl (C=O) groups is 3. The number of amides is 2. The van der Waals surface area contributed by atoms with E-state index in [0.29, 0.717) is 23.0 Å². The SMILES string of the molecule is NCCSCc1cnccc1SC1=C(C(=O)O)N2C(=O)[C@@H](NC(=O)C(NO)c3nc(N)sc3Cl)[C@@H]2SC1. The first kappa shape index (κ1) is 28.0. The first-order chi connectivity index (χ1) is 17.8. The molecule has 37 heavy (non-hydrogen) atoms. The van der Waals surface area contributed by atoms with E-state index in [1.165, 1.54) is 28.4 Å². The van der Waals surface area contributed by atoms with Crippen LogP contribution in [0.1, 0.15) is 17.3 Å². The lowest BCUT2D eigenvalue weighted by molar-refractivity contribution is -0.151. The van der Waals surface area contributed by atoms with Crippen molar-refractivity contribution in [2.24, 2.45) is 5.73 Å². The lowest BCUT2D eigenvalue weighted by Gasteiger charge is -2.49. The molecule has 4 heterocycles. The van der Waals surface area contributed by atoms with E-state index >= 15 is 0 Å². The van der Waals surface area contributed by atoms with Crippen LogP contribution in [0, 0.1) is 0 Å². The van der Waals surface area contributed by atoms with Gasteiger partial charge in [0.25, 0.3) is 5.91 Å². The minimum Gasteiger partial charge on any atom is -0.477 e. The summed E-state index contributed by atoms with van der Waals surface area (Å²) in [6, 6.07) is -0.543. The lowest BCUT2D eigenvalue weighted by Crippen LogP contribution is -2.71. The second kappa shape index (κ2) is 12.2. The number of thioether (sulfide) groups is 3. The summed E-state index contributed by atoms with van der Waals surface area (Å²) in [5, 5.41) is 21.5. The summed E-state index contributed by atoms with van der Waals surface area (Å²) >= 11 is 11.3. The molecule has 2 aliphatic rings. The van der Waals surface area contributed by atoms with E-state index in [2.05, 4.69) is 15.3 Å². The smallest absolute Gasteiger partial charge is 0.353 e. The van der Waals surface area contributed by atoms with Crippen molar-refractivity contribution in [3.63, 3.8) is 0 Å². The average Bonchev–Trinajstić information content (AvgIpc) is 3.20. The van der Waals surface area contributed by atoms with Gasteiger partial charge in [-0.2, -0.15) is 17.2 Å². The number of β-lactam (4-membered cyclic amide) rings is 1. The van der Waals surface area contributed by atoms with Crippen molar-refractivity contribution in [3.8, 4) is 0 Å². The number of fused-ring (bicyclic) bond motifs is 1. The maximum Gasteiger partial charge on any atom is 0.353 e. The Labute approximate surface area is 232 Å². The number of pyridine rings is 1. The van der Waals surface area contributed by atoms with Gasteiger partial charge in [-0.3, -0.25) is 19.5 Å². The second-order valence-electron chi connectivity index (χ2n) is 7.67. The molecule has 2 aliphatic heterocycles. The highest BCUT2D eigenvalue weighted by atomic mass is 35.5. The maximum atomic E-state index is 13.0. The Bertz CT molecular complexity index is 1250. The average molecular weight is 604 g/mol. The van der Waals surface area contributed by atoms with Crippen LogP contribution in [0.15, 0.2) is 34.0 Å². The second-order valence-corrected chi connectivity index (χ2v) is 12.7. The zero-order valence-corrected chi connectivity index (χ0v) is 22.9. The van der Waals surface area contributed by atoms with Gasteiger partial charge in [0.1, 0.15) is 27.1 Å². The fourth-order valence-electron chi connectivity index (χ4n) is 3.68. The summed E-state index contributed by atoms with van der Waals surface area (Å²) in [5.74, 6) is -0.797. The van der Waals surface area contributed by atoms with Crippen LogP contribution < -0.4 is 22.3 Å². The molecule has 2 amide bonds. The van der Waals surface area contributed by atoms with Crippen molar-refractivity contribution in [2.45, 2.75) is 28.1 Å². The third-order valence-corrected chi connectivity index (χ3v) is 10.2. The number of halogens is 1. The van der Waals surface area contributed by atoms with Crippen LogP contribution in [0.5, 0.6) is 0 Å².